The van der Waals surface area contributed by atoms with E-state index < -0.39 is 0 Å². The van der Waals surface area contributed by atoms with Crippen LogP contribution in [0.25, 0.3) is 11.1 Å². The van der Waals surface area contributed by atoms with Gasteiger partial charge < -0.3 is 24.8 Å². The van der Waals surface area contributed by atoms with Gasteiger partial charge in [-0.05, 0) is 47.4 Å². The molecule has 170 valence electrons. The van der Waals surface area contributed by atoms with Crippen molar-refractivity contribution in [1.82, 2.24) is 9.80 Å². The second kappa shape index (κ2) is 9.10. The Morgan fingerprint density at radius 1 is 1.12 bits per heavy atom. The average molecular weight is 438 g/mol. The topological polar surface area (TPSA) is 74.3 Å². The first kappa shape index (κ1) is 21.2. The van der Waals surface area contributed by atoms with E-state index in [9.17, 15) is 9.90 Å². The SMILES string of the molecule is COc1ccc(-c2ccc3c(c2)[C@H]2[C@H](CCN2C(=O)CN2CCOCC2)[C@H](CO)N3)cc1. The van der Waals surface area contributed by atoms with Crippen molar-refractivity contribution in [2.75, 3.05) is 58.4 Å². The molecule has 2 aromatic rings. The summed E-state index contributed by atoms with van der Waals surface area (Å²) >= 11 is 0. The molecule has 0 saturated carbocycles. The number of amides is 1. The number of carbonyl (C=O) groups is 1. The number of morpholine rings is 1. The zero-order valence-corrected chi connectivity index (χ0v) is 18.5. The number of rotatable bonds is 5. The molecule has 7 nitrogen and oxygen atoms in total. The third-order valence-electron chi connectivity index (χ3n) is 7.08. The average Bonchev–Trinajstić information content (AvgIpc) is 3.30. The number of hydrogen-bond donors (Lipinski definition) is 2. The Hall–Kier alpha value is -2.61. The van der Waals surface area contributed by atoms with Crippen molar-refractivity contribution in [2.45, 2.75) is 18.5 Å². The van der Waals surface area contributed by atoms with E-state index in [-0.39, 0.29) is 30.5 Å². The second-order valence-corrected chi connectivity index (χ2v) is 8.84. The highest BCUT2D eigenvalue weighted by Gasteiger charge is 2.45. The Morgan fingerprint density at radius 2 is 1.88 bits per heavy atom. The number of likely N-dealkylation sites (tertiary alicyclic amines) is 1. The number of nitrogens with one attached hydrogen (secondary N) is 1. The van der Waals surface area contributed by atoms with E-state index in [0.717, 1.165) is 54.2 Å². The molecule has 2 aromatic carbocycles. The van der Waals surface area contributed by atoms with Crippen molar-refractivity contribution in [3.05, 3.63) is 48.0 Å². The number of nitrogens with zero attached hydrogens (tertiary/aromatic N) is 2. The summed E-state index contributed by atoms with van der Waals surface area (Å²) in [6, 6.07) is 14.4. The van der Waals surface area contributed by atoms with Crippen LogP contribution in [-0.4, -0.2) is 80.0 Å². The first-order valence-corrected chi connectivity index (χ1v) is 11.4. The molecular weight excluding hydrogens is 406 g/mol. The zero-order chi connectivity index (χ0) is 22.1. The Kier molecular flexibility index (Phi) is 6.04. The van der Waals surface area contributed by atoms with Crippen LogP contribution >= 0.6 is 0 Å². The number of ether oxygens (including phenoxy) is 2. The van der Waals surface area contributed by atoms with Crippen molar-refractivity contribution in [3.8, 4) is 16.9 Å². The van der Waals surface area contributed by atoms with Gasteiger partial charge in [-0.25, -0.2) is 0 Å². The molecule has 3 aliphatic rings. The van der Waals surface area contributed by atoms with Crippen LogP contribution in [-0.2, 0) is 9.53 Å². The molecule has 5 rings (SSSR count). The molecule has 2 fully saturated rings. The molecular formula is C25H31N3O4. The Balaban J connectivity index is 1.45. The van der Waals surface area contributed by atoms with Gasteiger partial charge in [-0.15, -0.1) is 0 Å². The normalized spacial score (nSPS) is 25.1. The van der Waals surface area contributed by atoms with Gasteiger partial charge in [0.15, 0.2) is 0 Å². The van der Waals surface area contributed by atoms with E-state index in [1.54, 1.807) is 7.11 Å². The molecule has 7 heteroatoms. The fourth-order valence-corrected chi connectivity index (χ4v) is 5.35. The minimum atomic E-state index is -0.0412. The van der Waals surface area contributed by atoms with Gasteiger partial charge in [0.2, 0.25) is 5.91 Å². The molecule has 2 N–H and O–H groups in total. The third kappa shape index (κ3) is 3.96. The highest BCUT2D eigenvalue weighted by atomic mass is 16.5. The molecule has 0 spiro atoms. The van der Waals surface area contributed by atoms with Crippen molar-refractivity contribution in [3.63, 3.8) is 0 Å². The maximum Gasteiger partial charge on any atom is 0.237 e. The summed E-state index contributed by atoms with van der Waals surface area (Å²) in [6.07, 6.45) is 0.893. The van der Waals surface area contributed by atoms with Crippen molar-refractivity contribution >= 4 is 11.6 Å². The number of carbonyl (C=O) groups excluding carboxylic acids is 1. The lowest BCUT2D eigenvalue weighted by molar-refractivity contribution is -0.134. The maximum atomic E-state index is 13.3. The molecule has 0 unspecified atom stereocenters. The molecule has 0 radical (unpaired) electrons. The predicted octanol–water partition coefficient (Wildman–Crippen LogP) is 2.37. The van der Waals surface area contributed by atoms with E-state index in [4.69, 9.17) is 9.47 Å². The molecule has 3 aliphatic heterocycles. The van der Waals surface area contributed by atoms with Gasteiger partial charge in [0.05, 0.1) is 45.6 Å². The van der Waals surface area contributed by atoms with E-state index >= 15 is 0 Å². The number of anilines is 1. The Morgan fingerprint density at radius 3 is 2.59 bits per heavy atom. The summed E-state index contributed by atoms with van der Waals surface area (Å²) in [7, 11) is 1.67. The number of aliphatic hydroxyl groups excluding tert-OH is 1. The Bertz CT molecular complexity index is 958. The minimum absolute atomic E-state index is 0.0184. The van der Waals surface area contributed by atoms with Crippen LogP contribution in [0.15, 0.2) is 42.5 Å². The number of hydrogen-bond acceptors (Lipinski definition) is 6. The lowest BCUT2D eigenvalue weighted by Gasteiger charge is -2.40. The molecule has 2 saturated heterocycles. The van der Waals surface area contributed by atoms with Crippen molar-refractivity contribution in [2.24, 2.45) is 5.92 Å². The first-order chi connectivity index (χ1) is 15.7. The Labute approximate surface area is 188 Å². The van der Waals surface area contributed by atoms with Gasteiger partial charge in [-0.2, -0.15) is 0 Å². The van der Waals surface area contributed by atoms with Crippen molar-refractivity contribution in [1.29, 1.82) is 0 Å². The fourth-order valence-electron chi connectivity index (χ4n) is 5.35. The van der Waals surface area contributed by atoms with Crippen LogP contribution in [0.2, 0.25) is 0 Å². The van der Waals surface area contributed by atoms with Crippen LogP contribution in [0, 0.1) is 5.92 Å². The second-order valence-electron chi connectivity index (χ2n) is 8.84. The molecule has 0 bridgehead atoms. The minimum Gasteiger partial charge on any atom is -0.497 e. The summed E-state index contributed by atoms with van der Waals surface area (Å²) < 4.78 is 10.7. The standard InChI is InChI=1S/C25H31N3O4/c1-31-19-5-2-17(3-6-19)18-4-7-22-21(14-18)25-20(23(16-29)26-22)8-9-28(25)24(30)15-27-10-12-32-13-11-27/h2-7,14,20,23,25-26,29H,8-13,15-16H2,1H3/t20-,23+,25-/m1/s1. The van der Waals surface area contributed by atoms with Crippen molar-refractivity contribution < 1.29 is 19.4 Å². The van der Waals surface area contributed by atoms with Gasteiger partial charge in [0.1, 0.15) is 5.75 Å². The van der Waals surface area contributed by atoms with Crippen LogP contribution in [0.4, 0.5) is 5.69 Å². The smallest absolute Gasteiger partial charge is 0.237 e. The zero-order valence-electron chi connectivity index (χ0n) is 18.5. The fraction of sp³-hybridized carbons (Fsp3) is 0.480. The third-order valence-corrected chi connectivity index (χ3v) is 7.08. The number of aliphatic hydroxyl groups is 1. The summed E-state index contributed by atoms with van der Waals surface area (Å²) in [5.74, 6) is 1.20. The summed E-state index contributed by atoms with van der Waals surface area (Å²) in [5.41, 5.74) is 4.37. The lowest BCUT2D eigenvalue weighted by atomic mass is 9.82. The molecule has 32 heavy (non-hydrogen) atoms. The van der Waals surface area contributed by atoms with Crippen LogP contribution < -0.4 is 10.1 Å². The first-order valence-electron chi connectivity index (χ1n) is 11.4. The lowest BCUT2D eigenvalue weighted by Crippen LogP contribution is -2.47. The molecule has 0 aromatic heterocycles. The monoisotopic (exact) mass is 437 g/mol. The van der Waals surface area contributed by atoms with Crippen LogP contribution in [0.5, 0.6) is 5.75 Å². The van der Waals surface area contributed by atoms with E-state index in [0.29, 0.717) is 19.8 Å². The molecule has 0 aliphatic carbocycles. The van der Waals surface area contributed by atoms with Gasteiger partial charge >= 0.3 is 0 Å². The highest BCUT2D eigenvalue weighted by molar-refractivity contribution is 5.80. The quantitative estimate of drug-likeness (QED) is 0.748. The summed E-state index contributed by atoms with van der Waals surface area (Å²) in [6.45, 7) is 4.18. The molecule has 3 heterocycles. The summed E-state index contributed by atoms with van der Waals surface area (Å²) in [5, 5.41) is 13.6. The van der Waals surface area contributed by atoms with E-state index in [1.165, 1.54) is 0 Å². The largest absolute Gasteiger partial charge is 0.497 e. The number of methoxy groups -OCH3 is 1. The number of benzene rings is 2. The number of fused-ring (bicyclic) bond motifs is 3. The summed E-state index contributed by atoms with van der Waals surface area (Å²) in [4.78, 5) is 17.6. The predicted molar refractivity (Wildman–Crippen MR) is 123 cm³/mol. The van der Waals surface area contributed by atoms with E-state index in [2.05, 4.69) is 40.5 Å². The van der Waals surface area contributed by atoms with Gasteiger partial charge in [0.25, 0.3) is 0 Å². The van der Waals surface area contributed by atoms with E-state index in [1.807, 2.05) is 17.0 Å². The van der Waals surface area contributed by atoms with Crippen LogP contribution in [0.1, 0.15) is 18.0 Å². The van der Waals surface area contributed by atoms with Gasteiger partial charge in [-0.3, -0.25) is 9.69 Å². The highest BCUT2D eigenvalue weighted by Crippen LogP contribution is 2.47. The van der Waals surface area contributed by atoms with Gasteiger partial charge in [0, 0.05) is 31.2 Å². The maximum absolute atomic E-state index is 13.3. The molecule has 1 amide bonds. The van der Waals surface area contributed by atoms with Gasteiger partial charge in [-0.1, -0.05) is 18.2 Å². The van der Waals surface area contributed by atoms with Crippen LogP contribution in [0.3, 0.4) is 0 Å². The molecule has 3 atom stereocenters.